The number of hydrogen-bond acceptors (Lipinski definition) is 7. The average molecular weight is 215 g/mol. The minimum absolute atomic E-state index is 0.0977. The van der Waals surface area contributed by atoms with E-state index >= 15 is 0 Å². The number of carbonyl (C=O) groups is 1. The number of nitrogens with one attached hydrogen (secondary N) is 1. The van der Waals surface area contributed by atoms with E-state index in [-0.39, 0.29) is 19.2 Å². The first-order chi connectivity index (χ1) is 7.22. The van der Waals surface area contributed by atoms with Crippen molar-refractivity contribution in [1.29, 1.82) is 0 Å². The van der Waals surface area contributed by atoms with Crippen LogP contribution in [0, 0.1) is 0 Å². The van der Waals surface area contributed by atoms with Gasteiger partial charge in [0.25, 0.3) is 0 Å². The fourth-order valence-corrected chi connectivity index (χ4v) is 0.810. The van der Waals surface area contributed by atoms with Crippen molar-refractivity contribution in [2.45, 2.75) is 6.54 Å². The molecule has 1 rings (SSSR count). The fraction of sp³-hybridized carbons (Fsp3) is 0.571. The molecule has 0 fully saturated rings. The van der Waals surface area contributed by atoms with Crippen molar-refractivity contribution in [3.8, 4) is 0 Å². The van der Waals surface area contributed by atoms with E-state index in [1.165, 1.54) is 0 Å². The molecule has 0 unspecified atom stereocenters. The number of nitrogens with two attached hydrogens (primary N) is 2. The van der Waals surface area contributed by atoms with E-state index < -0.39 is 5.91 Å². The van der Waals surface area contributed by atoms with Crippen molar-refractivity contribution in [2.75, 3.05) is 25.1 Å². The Balaban J connectivity index is 2.12. The highest BCUT2D eigenvalue weighted by molar-refractivity contribution is 5.74. The predicted octanol–water partition coefficient (Wildman–Crippen LogP) is -1.56. The molecule has 0 aliphatic heterocycles. The largest absolute Gasteiger partial charge is 0.407 e. The lowest BCUT2D eigenvalue weighted by atomic mass is 10.6. The molecule has 0 radical (unpaired) electrons. The van der Waals surface area contributed by atoms with Crippen LogP contribution in [-0.2, 0) is 16.1 Å². The van der Waals surface area contributed by atoms with Crippen LogP contribution in [-0.4, -0.2) is 35.9 Å². The average Bonchev–Trinajstić information content (AvgIpc) is 2.65. The minimum atomic E-state index is -0.502. The van der Waals surface area contributed by atoms with Gasteiger partial charge in [0.15, 0.2) is 0 Å². The van der Waals surface area contributed by atoms with Crippen molar-refractivity contribution >= 4 is 11.9 Å². The zero-order valence-electron chi connectivity index (χ0n) is 8.10. The van der Waals surface area contributed by atoms with Crippen molar-refractivity contribution in [3.05, 3.63) is 5.89 Å². The summed E-state index contributed by atoms with van der Waals surface area (Å²) >= 11 is 0. The van der Waals surface area contributed by atoms with Crippen LogP contribution in [0.3, 0.4) is 0 Å². The fourth-order valence-electron chi connectivity index (χ4n) is 0.810. The molecule has 1 heterocycles. The van der Waals surface area contributed by atoms with Crippen LogP contribution < -0.4 is 16.8 Å². The second kappa shape index (κ2) is 5.94. The number of nitrogens with zero attached hydrogens (tertiary/aromatic N) is 2. The summed E-state index contributed by atoms with van der Waals surface area (Å²) in [5.41, 5.74) is 10.1. The van der Waals surface area contributed by atoms with E-state index in [9.17, 15) is 4.79 Å². The third-order valence-corrected chi connectivity index (χ3v) is 1.41. The molecule has 0 aliphatic carbocycles. The zero-order valence-corrected chi connectivity index (χ0v) is 8.10. The molecule has 84 valence electrons. The molecule has 1 amide bonds. The summed E-state index contributed by atoms with van der Waals surface area (Å²) in [7, 11) is 0. The highest BCUT2D eigenvalue weighted by Gasteiger charge is 2.02. The Morgan fingerprint density at radius 1 is 1.53 bits per heavy atom. The number of anilines is 1. The van der Waals surface area contributed by atoms with Gasteiger partial charge in [0.1, 0.15) is 6.61 Å². The Labute approximate surface area is 86.0 Å². The molecule has 0 saturated heterocycles. The summed E-state index contributed by atoms with van der Waals surface area (Å²) in [6.07, 6.45) is 0. The van der Waals surface area contributed by atoms with Gasteiger partial charge in [0.2, 0.25) is 11.8 Å². The van der Waals surface area contributed by atoms with E-state index in [2.05, 4.69) is 15.5 Å². The number of rotatable bonds is 7. The molecule has 8 nitrogen and oxygen atoms in total. The Morgan fingerprint density at radius 2 is 2.33 bits per heavy atom. The van der Waals surface area contributed by atoms with Gasteiger partial charge in [-0.3, -0.25) is 4.79 Å². The highest BCUT2D eigenvalue weighted by Crippen LogP contribution is 2.03. The Hall–Kier alpha value is -1.67. The molecule has 0 aliphatic rings. The maximum atomic E-state index is 10.3. The molecule has 1 aromatic heterocycles. The molecule has 0 atom stereocenters. The maximum Gasteiger partial charge on any atom is 0.315 e. The quantitative estimate of drug-likeness (QED) is 0.469. The molecule has 1 aromatic rings. The second-order valence-electron chi connectivity index (χ2n) is 2.65. The van der Waals surface area contributed by atoms with Crippen LogP contribution in [0.1, 0.15) is 5.89 Å². The number of primary amides is 1. The lowest BCUT2D eigenvalue weighted by molar-refractivity contribution is -0.122. The Kier molecular flexibility index (Phi) is 4.51. The number of aromatic nitrogens is 2. The summed E-state index contributed by atoms with van der Waals surface area (Å²) in [4.78, 5) is 10.3. The Bertz CT molecular complexity index is 313. The molecule has 0 spiro atoms. The molecular weight excluding hydrogens is 202 g/mol. The van der Waals surface area contributed by atoms with Crippen molar-refractivity contribution in [1.82, 2.24) is 10.2 Å². The minimum Gasteiger partial charge on any atom is -0.407 e. The van der Waals surface area contributed by atoms with Gasteiger partial charge < -0.3 is 25.9 Å². The van der Waals surface area contributed by atoms with Crippen molar-refractivity contribution < 1.29 is 13.9 Å². The van der Waals surface area contributed by atoms with Crippen molar-refractivity contribution in [3.63, 3.8) is 0 Å². The lowest BCUT2D eigenvalue weighted by Crippen LogP contribution is -2.20. The smallest absolute Gasteiger partial charge is 0.315 e. The molecule has 0 bridgehead atoms. The summed E-state index contributed by atoms with van der Waals surface area (Å²) in [5.74, 6) is -0.145. The van der Waals surface area contributed by atoms with E-state index in [1.54, 1.807) is 0 Å². The Morgan fingerprint density at radius 3 is 2.93 bits per heavy atom. The number of amides is 1. The van der Waals surface area contributed by atoms with Crippen LogP contribution in [0.15, 0.2) is 4.42 Å². The highest BCUT2D eigenvalue weighted by atomic mass is 16.5. The molecule has 8 heteroatoms. The van der Waals surface area contributed by atoms with Crippen LogP contribution in [0.5, 0.6) is 0 Å². The van der Waals surface area contributed by atoms with Crippen molar-refractivity contribution in [2.24, 2.45) is 11.5 Å². The van der Waals surface area contributed by atoms with Crippen LogP contribution in [0.4, 0.5) is 6.01 Å². The number of carbonyl (C=O) groups excluding carboxylic acids is 1. The standard InChI is InChI=1S/C7H13N5O3/c8-3-6-11-12-7(15-6)10-1-2-14-4-5(9)13/h1-4,8H2,(H2,9,13)(H,10,12). The molecular formula is C7H13N5O3. The van der Waals surface area contributed by atoms with E-state index in [4.69, 9.17) is 20.6 Å². The molecule has 5 N–H and O–H groups in total. The van der Waals surface area contributed by atoms with E-state index in [1.807, 2.05) is 0 Å². The maximum absolute atomic E-state index is 10.3. The first-order valence-electron chi connectivity index (χ1n) is 4.34. The van der Waals surface area contributed by atoms with E-state index in [0.29, 0.717) is 19.0 Å². The van der Waals surface area contributed by atoms with Gasteiger partial charge in [-0.15, -0.1) is 5.10 Å². The predicted molar refractivity (Wildman–Crippen MR) is 50.7 cm³/mol. The van der Waals surface area contributed by atoms with Gasteiger partial charge in [0, 0.05) is 6.54 Å². The lowest BCUT2D eigenvalue weighted by Gasteiger charge is -2.01. The van der Waals surface area contributed by atoms with Crippen LogP contribution in [0.25, 0.3) is 0 Å². The van der Waals surface area contributed by atoms with Gasteiger partial charge in [-0.2, -0.15) is 0 Å². The van der Waals surface area contributed by atoms with Gasteiger partial charge in [-0.1, -0.05) is 5.10 Å². The van der Waals surface area contributed by atoms with Gasteiger partial charge in [-0.05, 0) is 0 Å². The molecule has 15 heavy (non-hydrogen) atoms. The second-order valence-corrected chi connectivity index (χ2v) is 2.65. The number of ether oxygens (including phenoxy) is 1. The molecule has 0 aromatic carbocycles. The first-order valence-corrected chi connectivity index (χ1v) is 4.34. The first kappa shape index (κ1) is 11.4. The van der Waals surface area contributed by atoms with Gasteiger partial charge in [-0.25, -0.2) is 0 Å². The number of hydrogen-bond donors (Lipinski definition) is 3. The zero-order chi connectivity index (χ0) is 11.1. The summed E-state index contributed by atoms with van der Waals surface area (Å²) in [6, 6.07) is 0.276. The SMILES string of the molecule is NCc1nnc(NCCOCC(N)=O)o1. The third kappa shape index (κ3) is 4.38. The summed E-state index contributed by atoms with van der Waals surface area (Å²) in [6.45, 7) is 0.870. The summed E-state index contributed by atoms with van der Waals surface area (Å²) < 4.78 is 9.95. The van der Waals surface area contributed by atoms with Gasteiger partial charge >= 0.3 is 6.01 Å². The van der Waals surface area contributed by atoms with Crippen LogP contribution in [0.2, 0.25) is 0 Å². The van der Waals surface area contributed by atoms with E-state index in [0.717, 1.165) is 0 Å². The normalized spacial score (nSPS) is 10.2. The summed E-state index contributed by atoms with van der Waals surface area (Å²) in [5, 5.41) is 10.1. The third-order valence-electron chi connectivity index (χ3n) is 1.41. The van der Waals surface area contributed by atoms with Gasteiger partial charge in [0.05, 0.1) is 13.2 Å². The topological polar surface area (TPSA) is 129 Å². The molecule has 0 saturated carbocycles. The van der Waals surface area contributed by atoms with Crippen LogP contribution >= 0.6 is 0 Å². The monoisotopic (exact) mass is 215 g/mol.